The Labute approximate surface area is 112 Å². The number of aryl methyl sites for hydroxylation is 1. The smallest absolute Gasteiger partial charge is 0.213 e. The predicted molar refractivity (Wildman–Crippen MR) is 76.5 cm³/mol. The Balaban J connectivity index is 2.08. The van der Waals surface area contributed by atoms with E-state index in [1.54, 1.807) is 23.6 Å². The number of hydrogen-bond donors (Lipinski definition) is 1. The Morgan fingerprint density at radius 1 is 1.56 bits per heavy atom. The fourth-order valence-electron chi connectivity index (χ4n) is 1.89. The molecule has 1 atom stereocenters. The van der Waals surface area contributed by atoms with Crippen molar-refractivity contribution in [3.63, 3.8) is 0 Å². The zero-order valence-corrected chi connectivity index (χ0v) is 12.1. The van der Waals surface area contributed by atoms with Gasteiger partial charge in [0.2, 0.25) is 5.88 Å². The van der Waals surface area contributed by atoms with Gasteiger partial charge in [-0.25, -0.2) is 4.68 Å². The van der Waals surface area contributed by atoms with Crippen molar-refractivity contribution in [3.05, 3.63) is 6.07 Å². The molecule has 1 aliphatic rings. The van der Waals surface area contributed by atoms with Crippen LogP contribution < -0.4 is 10.1 Å². The number of rotatable bonds is 3. The van der Waals surface area contributed by atoms with Gasteiger partial charge in [0.25, 0.3) is 0 Å². The summed E-state index contributed by atoms with van der Waals surface area (Å²) in [7, 11) is 3.50. The molecule has 5 nitrogen and oxygen atoms in total. The lowest BCUT2D eigenvalue weighted by Gasteiger charge is -2.22. The van der Waals surface area contributed by atoms with Crippen LogP contribution in [0.15, 0.2) is 11.1 Å². The van der Waals surface area contributed by atoms with Gasteiger partial charge in [0, 0.05) is 18.9 Å². The van der Waals surface area contributed by atoms with Crippen LogP contribution in [-0.4, -0.2) is 33.9 Å². The van der Waals surface area contributed by atoms with E-state index >= 15 is 0 Å². The highest BCUT2D eigenvalue weighted by Crippen LogP contribution is 2.24. The van der Waals surface area contributed by atoms with Gasteiger partial charge in [-0.3, -0.25) is 4.99 Å². The fraction of sp³-hybridized carbons (Fsp3) is 0.667. The van der Waals surface area contributed by atoms with Crippen molar-refractivity contribution in [3.8, 4) is 5.88 Å². The number of anilines is 1. The second-order valence-corrected chi connectivity index (χ2v) is 5.79. The van der Waals surface area contributed by atoms with Gasteiger partial charge in [0.05, 0.1) is 13.2 Å². The maximum absolute atomic E-state index is 5.19. The van der Waals surface area contributed by atoms with E-state index in [-0.39, 0.29) is 0 Å². The standard InChI is InChI=1S/C12H20N4OS/c1-8(2)9-5-6-18-12(13-9)14-10-7-11(17-4)16(3)15-10/h7-9H,5-6H2,1-4H3,(H,13,14,15). The van der Waals surface area contributed by atoms with E-state index in [1.807, 2.05) is 13.1 Å². The number of nitrogens with one attached hydrogen (secondary N) is 1. The van der Waals surface area contributed by atoms with E-state index in [0.717, 1.165) is 29.0 Å². The number of amidine groups is 1. The van der Waals surface area contributed by atoms with Crippen molar-refractivity contribution in [1.82, 2.24) is 9.78 Å². The normalized spacial score (nSPS) is 19.8. The van der Waals surface area contributed by atoms with E-state index < -0.39 is 0 Å². The molecule has 0 spiro atoms. The maximum atomic E-state index is 5.19. The highest BCUT2D eigenvalue weighted by molar-refractivity contribution is 8.14. The summed E-state index contributed by atoms with van der Waals surface area (Å²) < 4.78 is 6.89. The first-order chi connectivity index (χ1) is 8.60. The molecule has 1 N–H and O–H groups in total. The third-order valence-corrected chi connectivity index (χ3v) is 3.91. The lowest BCUT2D eigenvalue weighted by molar-refractivity contribution is 0.373. The highest BCUT2D eigenvalue weighted by atomic mass is 32.2. The third-order valence-electron chi connectivity index (χ3n) is 2.99. The number of aromatic nitrogens is 2. The van der Waals surface area contributed by atoms with Crippen molar-refractivity contribution in [1.29, 1.82) is 0 Å². The van der Waals surface area contributed by atoms with Crippen LogP contribution in [-0.2, 0) is 7.05 Å². The summed E-state index contributed by atoms with van der Waals surface area (Å²) >= 11 is 1.75. The second-order valence-electron chi connectivity index (χ2n) is 4.70. The van der Waals surface area contributed by atoms with Gasteiger partial charge < -0.3 is 10.1 Å². The minimum atomic E-state index is 0.416. The van der Waals surface area contributed by atoms with Crippen molar-refractivity contribution in [2.45, 2.75) is 26.3 Å². The lowest BCUT2D eigenvalue weighted by atomic mass is 10.0. The summed E-state index contributed by atoms with van der Waals surface area (Å²) in [4.78, 5) is 4.72. The molecule has 1 aromatic rings. The number of hydrogen-bond acceptors (Lipinski definition) is 5. The van der Waals surface area contributed by atoms with Crippen LogP contribution in [0.3, 0.4) is 0 Å². The molecule has 0 aliphatic carbocycles. The largest absolute Gasteiger partial charge is 0.481 e. The molecule has 1 aromatic heterocycles. The Morgan fingerprint density at radius 2 is 2.33 bits per heavy atom. The zero-order valence-electron chi connectivity index (χ0n) is 11.3. The monoisotopic (exact) mass is 268 g/mol. The van der Waals surface area contributed by atoms with Gasteiger partial charge in [-0.2, -0.15) is 5.10 Å². The molecule has 2 heterocycles. The Morgan fingerprint density at radius 3 is 2.94 bits per heavy atom. The summed E-state index contributed by atoms with van der Waals surface area (Å²) in [6.45, 7) is 4.43. The molecule has 1 aliphatic heterocycles. The van der Waals surface area contributed by atoms with Crippen LogP contribution in [0.1, 0.15) is 20.3 Å². The average Bonchev–Trinajstić information content (AvgIpc) is 2.69. The number of nitrogens with zero attached hydrogens (tertiary/aromatic N) is 3. The molecule has 0 fully saturated rings. The topological polar surface area (TPSA) is 51.4 Å². The Bertz CT molecular complexity index is 441. The van der Waals surface area contributed by atoms with Crippen LogP contribution in [0.4, 0.5) is 5.82 Å². The molecular formula is C12H20N4OS. The summed E-state index contributed by atoms with van der Waals surface area (Å²) in [6, 6.07) is 2.29. The SMILES string of the molecule is COc1cc(NC2=NC(C(C)C)CCS2)nn1C. The maximum Gasteiger partial charge on any atom is 0.213 e. The molecular weight excluding hydrogens is 248 g/mol. The molecule has 6 heteroatoms. The second kappa shape index (κ2) is 5.65. The molecule has 0 bridgehead atoms. The van der Waals surface area contributed by atoms with Gasteiger partial charge in [0.15, 0.2) is 11.0 Å². The first-order valence-corrected chi connectivity index (χ1v) is 7.14. The summed E-state index contributed by atoms with van der Waals surface area (Å²) in [6.07, 6.45) is 1.15. The van der Waals surface area contributed by atoms with Gasteiger partial charge in [0.1, 0.15) is 0 Å². The summed E-state index contributed by atoms with van der Waals surface area (Å²) in [5.41, 5.74) is 0. The van der Waals surface area contributed by atoms with E-state index in [1.165, 1.54) is 0 Å². The molecule has 0 saturated heterocycles. The zero-order chi connectivity index (χ0) is 13.1. The minimum absolute atomic E-state index is 0.416. The van der Waals surface area contributed by atoms with Crippen molar-refractivity contribution >= 4 is 22.7 Å². The molecule has 18 heavy (non-hydrogen) atoms. The van der Waals surface area contributed by atoms with E-state index in [0.29, 0.717) is 12.0 Å². The Hall–Kier alpha value is -1.17. The predicted octanol–water partition coefficient (Wildman–Crippen LogP) is 2.36. The molecule has 1 unspecified atom stereocenters. The summed E-state index contributed by atoms with van der Waals surface area (Å²) in [5, 5.41) is 8.55. The Kier molecular flexibility index (Phi) is 4.16. The number of thioether (sulfide) groups is 1. The quantitative estimate of drug-likeness (QED) is 0.914. The first-order valence-electron chi connectivity index (χ1n) is 6.16. The number of ether oxygens (including phenoxy) is 1. The highest BCUT2D eigenvalue weighted by Gasteiger charge is 2.19. The number of methoxy groups -OCH3 is 1. The van der Waals surface area contributed by atoms with E-state index in [4.69, 9.17) is 9.73 Å². The number of aliphatic imine (C=N–C) groups is 1. The van der Waals surface area contributed by atoms with E-state index in [2.05, 4.69) is 24.3 Å². The van der Waals surface area contributed by atoms with Gasteiger partial charge in [-0.1, -0.05) is 25.6 Å². The van der Waals surface area contributed by atoms with Gasteiger partial charge in [-0.15, -0.1) is 0 Å². The van der Waals surface area contributed by atoms with E-state index in [9.17, 15) is 0 Å². The van der Waals surface area contributed by atoms with Gasteiger partial charge in [-0.05, 0) is 12.3 Å². The molecule has 0 saturated carbocycles. The molecule has 0 radical (unpaired) electrons. The molecule has 2 rings (SSSR count). The summed E-state index contributed by atoms with van der Waals surface area (Å²) in [5.74, 6) is 3.21. The lowest BCUT2D eigenvalue weighted by Crippen LogP contribution is -2.24. The first kappa shape index (κ1) is 13.3. The fourth-order valence-corrected chi connectivity index (χ4v) is 2.83. The molecule has 100 valence electrons. The van der Waals surface area contributed by atoms with Crippen LogP contribution >= 0.6 is 11.8 Å². The molecule has 0 amide bonds. The van der Waals surface area contributed by atoms with Gasteiger partial charge >= 0.3 is 0 Å². The molecule has 0 aromatic carbocycles. The average molecular weight is 268 g/mol. The van der Waals surface area contributed by atoms with Crippen LogP contribution in [0.25, 0.3) is 0 Å². The van der Waals surface area contributed by atoms with Crippen molar-refractivity contribution in [2.75, 3.05) is 18.2 Å². The van der Waals surface area contributed by atoms with Crippen molar-refractivity contribution in [2.24, 2.45) is 18.0 Å². The van der Waals surface area contributed by atoms with Crippen LogP contribution in [0.2, 0.25) is 0 Å². The third kappa shape index (κ3) is 2.98. The van der Waals surface area contributed by atoms with Crippen molar-refractivity contribution < 1.29 is 4.74 Å². The van der Waals surface area contributed by atoms with Crippen LogP contribution in [0, 0.1) is 5.92 Å². The minimum Gasteiger partial charge on any atom is -0.481 e. The van der Waals surface area contributed by atoms with Crippen LogP contribution in [0.5, 0.6) is 5.88 Å².